The lowest BCUT2D eigenvalue weighted by Crippen LogP contribution is -2.51. The molecule has 25 heavy (non-hydrogen) atoms. The van der Waals surface area contributed by atoms with Crippen molar-refractivity contribution >= 4 is 5.97 Å². The molecule has 0 unspecified atom stereocenters. The van der Waals surface area contributed by atoms with E-state index in [2.05, 4.69) is 24.8 Å². The fourth-order valence-electron chi connectivity index (χ4n) is 3.16. The van der Waals surface area contributed by atoms with E-state index in [9.17, 15) is 19.4 Å². The largest absolute Gasteiger partial charge is 0.550 e. The maximum atomic E-state index is 12.7. The van der Waals surface area contributed by atoms with Crippen LogP contribution in [0.1, 0.15) is 42.9 Å². The molecule has 0 aliphatic heterocycles. The van der Waals surface area contributed by atoms with Crippen LogP contribution in [-0.4, -0.2) is 17.2 Å². The fraction of sp³-hybridized carbons (Fsp3) is 0.350. The third-order valence-electron chi connectivity index (χ3n) is 4.55. The van der Waals surface area contributed by atoms with Gasteiger partial charge in [0.1, 0.15) is 11.9 Å². The average molecular weight is 345 g/mol. The molecule has 3 rings (SSSR count). The molecule has 0 aromatic heterocycles. The van der Waals surface area contributed by atoms with Crippen molar-refractivity contribution in [2.75, 3.05) is 0 Å². The number of aliphatic hydroxyl groups excluding tert-OH is 1. The summed E-state index contributed by atoms with van der Waals surface area (Å²) >= 11 is 0. The van der Waals surface area contributed by atoms with E-state index in [1.165, 1.54) is 29.8 Å². The van der Waals surface area contributed by atoms with Crippen LogP contribution in [0.2, 0.25) is 0 Å². The summed E-state index contributed by atoms with van der Waals surface area (Å²) in [4.78, 5) is 10.9. The zero-order chi connectivity index (χ0) is 18.4. The van der Waals surface area contributed by atoms with E-state index in [-0.39, 0.29) is 5.82 Å². The van der Waals surface area contributed by atoms with Crippen LogP contribution in [-0.2, 0) is 4.79 Å². The molecule has 1 fully saturated rings. The van der Waals surface area contributed by atoms with Crippen molar-refractivity contribution in [3.63, 3.8) is 0 Å². The number of benzene rings is 2. The maximum absolute atomic E-state index is 12.7. The number of halogens is 1. The minimum absolute atomic E-state index is 0.374. The first kappa shape index (κ1) is 19.1. The Balaban J connectivity index is 0.000000212. The van der Waals surface area contributed by atoms with Crippen LogP contribution in [0.5, 0.6) is 0 Å². The van der Waals surface area contributed by atoms with Gasteiger partial charge in [0.25, 0.3) is 0 Å². The molecule has 4 N–H and O–H groups in total. The Morgan fingerprint density at radius 1 is 1.16 bits per heavy atom. The molecule has 5 heteroatoms. The van der Waals surface area contributed by atoms with Gasteiger partial charge < -0.3 is 20.7 Å². The summed E-state index contributed by atoms with van der Waals surface area (Å²) in [5, 5.41) is 20.6. The minimum Gasteiger partial charge on any atom is -0.550 e. The van der Waals surface area contributed by atoms with Crippen LogP contribution in [0.4, 0.5) is 4.39 Å². The van der Waals surface area contributed by atoms with Gasteiger partial charge in [0.2, 0.25) is 0 Å². The second-order valence-corrected chi connectivity index (χ2v) is 6.46. The molecule has 0 amide bonds. The van der Waals surface area contributed by atoms with Crippen molar-refractivity contribution in [1.29, 1.82) is 0 Å². The van der Waals surface area contributed by atoms with Crippen LogP contribution in [0.25, 0.3) is 0 Å². The standard InChI is InChI=1S/C12H13FO3.C8H11N/c13-8-3-1-7(2-4-8)11-9(12(15)16)5-6-10(11)14;1-7(9)8-5-3-2-4-6-8/h1-4,9-11,14H,5-6H2,(H,15,16);2-7H,9H2,1H3/t9-,10+,11+;7-/m00/s1. The second kappa shape index (κ2) is 8.74. The van der Waals surface area contributed by atoms with Gasteiger partial charge in [-0.05, 0) is 37.5 Å². The molecule has 1 aliphatic rings. The van der Waals surface area contributed by atoms with Gasteiger partial charge in [-0.1, -0.05) is 42.5 Å². The molecule has 4 nitrogen and oxygen atoms in total. The Morgan fingerprint density at radius 3 is 2.24 bits per heavy atom. The molecule has 2 aromatic rings. The summed E-state index contributed by atoms with van der Waals surface area (Å²) in [6, 6.07) is 16.3. The predicted molar refractivity (Wildman–Crippen MR) is 90.6 cm³/mol. The molecular formula is C20H24FNO3. The second-order valence-electron chi connectivity index (χ2n) is 6.46. The fourth-order valence-corrected chi connectivity index (χ4v) is 3.16. The maximum Gasteiger partial charge on any atom is 0.123 e. The summed E-state index contributed by atoms with van der Waals surface area (Å²) in [5.74, 6) is -2.68. The lowest BCUT2D eigenvalue weighted by molar-refractivity contribution is -0.420. The lowest BCUT2D eigenvalue weighted by atomic mass is 9.88. The molecular weight excluding hydrogens is 321 g/mol. The summed E-state index contributed by atoms with van der Waals surface area (Å²) in [5.41, 5.74) is 5.87. The third-order valence-corrected chi connectivity index (χ3v) is 4.55. The molecule has 0 saturated heterocycles. The summed E-state index contributed by atoms with van der Waals surface area (Å²) < 4.78 is 12.7. The highest BCUT2D eigenvalue weighted by Crippen LogP contribution is 2.39. The highest BCUT2D eigenvalue weighted by atomic mass is 19.1. The quantitative estimate of drug-likeness (QED) is 0.882. The number of carbonyl (C=O) groups is 1. The van der Waals surface area contributed by atoms with Gasteiger partial charge in [0.15, 0.2) is 0 Å². The number of hydrogen-bond donors (Lipinski definition) is 2. The summed E-state index contributed by atoms with van der Waals surface area (Å²) in [6.45, 7) is 2.09. The Kier molecular flexibility index (Phi) is 6.67. The first-order chi connectivity index (χ1) is 11.9. The zero-order valence-electron chi connectivity index (χ0n) is 14.3. The monoisotopic (exact) mass is 345 g/mol. The molecule has 0 heterocycles. The van der Waals surface area contributed by atoms with Crippen LogP contribution in [0.3, 0.4) is 0 Å². The smallest absolute Gasteiger partial charge is 0.123 e. The molecule has 4 atom stereocenters. The first-order valence-electron chi connectivity index (χ1n) is 8.42. The minimum atomic E-state index is -1.15. The van der Waals surface area contributed by atoms with Crippen molar-refractivity contribution in [1.82, 2.24) is 0 Å². The number of hydrogen-bond acceptors (Lipinski definition) is 3. The van der Waals surface area contributed by atoms with E-state index in [4.69, 9.17) is 0 Å². The van der Waals surface area contributed by atoms with Crippen molar-refractivity contribution in [3.05, 3.63) is 71.5 Å². The molecule has 134 valence electrons. The molecule has 1 saturated carbocycles. The van der Waals surface area contributed by atoms with Gasteiger partial charge in [-0.25, -0.2) is 4.39 Å². The van der Waals surface area contributed by atoms with Gasteiger partial charge in [0.05, 0.1) is 6.10 Å². The number of quaternary nitrogens is 1. The number of carboxylic acids is 1. The van der Waals surface area contributed by atoms with E-state index in [0.717, 1.165) is 0 Å². The Hall–Kier alpha value is -2.24. The molecule has 0 bridgehead atoms. The molecule has 0 spiro atoms. The third kappa shape index (κ3) is 5.11. The normalized spacial score (nSPS) is 23.4. The highest BCUT2D eigenvalue weighted by Gasteiger charge is 2.36. The van der Waals surface area contributed by atoms with Crippen LogP contribution < -0.4 is 10.8 Å². The van der Waals surface area contributed by atoms with Crippen LogP contribution >= 0.6 is 0 Å². The van der Waals surface area contributed by atoms with Gasteiger partial charge in [0, 0.05) is 23.4 Å². The van der Waals surface area contributed by atoms with Crippen molar-refractivity contribution < 1.29 is 25.1 Å². The van der Waals surface area contributed by atoms with Gasteiger partial charge in [-0.15, -0.1) is 0 Å². The topological polar surface area (TPSA) is 88.0 Å². The number of aliphatic hydroxyl groups is 1. The number of carboxylic acid groups (broad SMARTS) is 1. The Labute approximate surface area is 147 Å². The van der Waals surface area contributed by atoms with E-state index < -0.39 is 23.9 Å². The summed E-state index contributed by atoms with van der Waals surface area (Å²) in [6.07, 6.45) is 0.167. The van der Waals surface area contributed by atoms with Crippen molar-refractivity contribution in [3.8, 4) is 0 Å². The Morgan fingerprint density at radius 2 is 1.76 bits per heavy atom. The Bertz CT molecular complexity index is 673. The SMILES string of the molecule is C[C@H]([NH3+])c1ccccc1.O=C([O-])[C@H]1CC[C@@H](O)[C@@H]1c1ccc(F)cc1. The molecule has 2 aromatic carbocycles. The summed E-state index contributed by atoms with van der Waals surface area (Å²) in [7, 11) is 0. The average Bonchev–Trinajstić information content (AvgIpc) is 2.99. The van der Waals surface area contributed by atoms with Crippen LogP contribution in [0, 0.1) is 11.7 Å². The molecule has 1 aliphatic carbocycles. The number of aliphatic carboxylic acids is 1. The van der Waals surface area contributed by atoms with E-state index in [1.54, 1.807) is 0 Å². The number of rotatable bonds is 3. The van der Waals surface area contributed by atoms with Gasteiger partial charge >= 0.3 is 0 Å². The van der Waals surface area contributed by atoms with E-state index in [0.29, 0.717) is 24.4 Å². The lowest BCUT2D eigenvalue weighted by Gasteiger charge is -2.23. The van der Waals surface area contributed by atoms with Gasteiger partial charge in [-0.3, -0.25) is 0 Å². The van der Waals surface area contributed by atoms with Gasteiger partial charge in [-0.2, -0.15) is 0 Å². The van der Waals surface area contributed by atoms with E-state index >= 15 is 0 Å². The zero-order valence-corrected chi connectivity index (χ0v) is 14.3. The van der Waals surface area contributed by atoms with Crippen molar-refractivity contribution in [2.45, 2.75) is 37.8 Å². The first-order valence-corrected chi connectivity index (χ1v) is 8.42. The highest BCUT2D eigenvalue weighted by molar-refractivity contribution is 5.70. The predicted octanol–water partition coefficient (Wildman–Crippen LogP) is 1.42. The van der Waals surface area contributed by atoms with Crippen LogP contribution in [0.15, 0.2) is 54.6 Å². The molecule has 0 radical (unpaired) electrons. The van der Waals surface area contributed by atoms with Crippen molar-refractivity contribution in [2.24, 2.45) is 5.92 Å². The number of carbonyl (C=O) groups excluding carboxylic acids is 1. The van der Waals surface area contributed by atoms with E-state index in [1.807, 2.05) is 18.2 Å².